The maximum atomic E-state index is 12.7. The minimum atomic E-state index is -3.99. The van der Waals surface area contributed by atoms with Crippen molar-refractivity contribution in [2.75, 3.05) is 12.3 Å². The molecule has 0 spiro atoms. The molecule has 9 nitrogen and oxygen atoms in total. The molecule has 0 aliphatic heterocycles. The monoisotopic (exact) mass is 591 g/mol. The van der Waals surface area contributed by atoms with Crippen LogP contribution in [0, 0.1) is 6.92 Å². The van der Waals surface area contributed by atoms with Gasteiger partial charge in [0.05, 0.1) is 28.3 Å². The standard InChI is InChI=1S/C33H29N5O4S/c1-21-7-12-26(13-8-21)43(40,41)42-20-33(39)18-25(19-33)32-37-29(30-31(34)35-15-16-38(30)32)24-10-9-23-11-14-27(36-28(23)17-24)22-5-3-2-4-6-22/h2-17,25,39H,18-20H2,1H3,(H2,34,35)/t25-,33-. The van der Waals surface area contributed by atoms with Crippen LogP contribution in [0.4, 0.5) is 5.82 Å². The number of benzene rings is 3. The van der Waals surface area contributed by atoms with Crippen molar-refractivity contribution in [3.05, 3.63) is 109 Å². The molecule has 3 N–H and O–H groups in total. The van der Waals surface area contributed by atoms with Gasteiger partial charge in [0.2, 0.25) is 0 Å². The minimum absolute atomic E-state index is 0.0604. The fourth-order valence-electron chi connectivity index (χ4n) is 5.73. The Morgan fingerprint density at radius 2 is 1.72 bits per heavy atom. The lowest BCUT2D eigenvalue weighted by Gasteiger charge is -2.42. The van der Waals surface area contributed by atoms with E-state index < -0.39 is 15.7 Å². The number of anilines is 1. The molecule has 1 aliphatic rings. The second-order valence-corrected chi connectivity index (χ2v) is 12.8. The van der Waals surface area contributed by atoms with Gasteiger partial charge < -0.3 is 10.8 Å². The smallest absolute Gasteiger partial charge is 0.297 e. The molecule has 0 unspecified atom stereocenters. The van der Waals surface area contributed by atoms with Crippen LogP contribution in [0.5, 0.6) is 0 Å². The normalized spacial score (nSPS) is 18.6. The molecule has 0 amide bonds. The highest BCUT2D eigenvalue weighted by molar-refractivity contribution is 7.86. The Labute approximate surface area is 248 Å². The predicted octanol–water partition coefficient (Wildman–Crippen LogP) is 5.52. The number of nitrogens with two attached hydrogens (primary N) is 1. The highest BCUT2D eigenvalue weighted by atomic mass is 32.2. The molecule has 0 atom stereocenters. The molecule has 1 saturated carbocycles. The topological polar surface area (TPSA) is 133 Å². The number of nitrogens with zero attached hydrogens (tertiary/aromatic N) is 4. The summed E-state index contributed by atoms with van der Waals surface area (Å²) in [6, 6.07) is 26.5. The van der Waals surface area contributed by atoms with Crippen LogP contribution >= 0.6 is 0 Å². The molecule has 1 aliphatic carbocycles. The molecular weight excluding hydrogens is 562 g/mol. The van der Waals surface area contributed by atoms with E-state index in [0.717, 1.165) is 39.1 Å². The Morgan fingerprint density at radius 1 is 0.977 bits per heavy atom. The number of fused-ring (bicyclic) bond motifs is 2. The van der Waals surface area contributed by atoms with Crippen molar-refractivity contribution in [1.82, 2.24) is 19.4 Å². The van der Waals surface area contributed by atoms with Gasteiger partial charge in [-0.2, -0.15) is 8.42 Å². The Hall–Kier alpha value is -4.64. The summed E-state index contributed by atoms with van der Waals surface area (Å²) >= 11 is 0. The molecule has 3 aromatic carbocycles. The zero-order valence-electron chi connectivity index (χ0n) is 23.4. The number of pyridine rings is 1. The minimum Gasteiger partial charge on any atom is -0.387 e. The van der Waals surface area contributed by atoms with E-state index in [1.165, 1.54) is 12.1 Å². The van der Waals surface area contributed by atoms with Crippen LogP contribution in [-0.4, -0.2) is 45.1 Å². The molecule has 3 aromatic heterocycles. The summed E-state index contributed by atoms with van der Waals surface area (Å²) in [7, 11) is -3.99. The van der Waals surface area contributed by atoms with Gasteiger partial charge in [-0.25, -0.2) is 15.0 Å². The van der Waals surface area contributed by atoms with Gasteiger partial charge in [-0.15, -0.1) is 0 Å². The van der Waals surface area contributed by atoms with Crippen LogP contribution in [-0.2, 0) is 14.3 Å². The van der Waals surface area contributed by atoms with E-state index in [0.29, 0.717) is 17.0 Å². The second kappa shape index (κ2) is 10.3. The molecule has 6 aromatic rings. The van der Waals surface area contributed by atoms with E-state index in [1.807, 2.05) is 65.9 Å². The van der Waals surface area contributed by atoms with Crippen LogP contribution in [0.3, 0.4) is 0 Å². The van der Waals surface area contributed by atoms with E-state index in [2.05, 4.69) is 11.1 Å². The van der Waals surface area contributed by atoms with E-state index in [4.69, 9.17) is 19.9 Å². The molecule has 10 heteroatoms. The SMILES string of the molecule is Cc1ccc(S(=O)(=O)OC[C@]2(O)C[C@H](c3nc(-c4ccc5ccc(-c6ccccc6)nc5c4)c4c(N)nccn43)C2)cc1. The predicted molar refractivity (Wildman–Crippen MR) is 165 cm³/mol. The van der Waals surface area contributed by atoms with Gasteiger partial charge in [0.1, 0.15) is 22.9 Å². The summed E-state index contributed by atoms with van der Waals surface area (Å²) in [6.45, 7) is 1.54. The highest BCUT2D eigenvalue weighted by Crippen LogP contribution is 2.46. The Balaban J connectivity index is 1.17. The molecule has 0 bridgehead atoms. The number of hydrogen-bond donors (Lipinski definition) is 2. The summed E-state index contributed by atoms with van der Waals surface area (Å²) in [4.78, 5) is 14.3. The third kappa shape index (κ3) is 5.03. The third-order valence-corrected chi connectivity index (χ3v) is 9.33. The number of imidazole rings is 1. The molecule has 7 rings (SSSR count). The van der Waals surface area contributed by atoms with Gasteiger partial charge in [0.25, 0.3) is 10.1 Å². The zero-order valence-corrected chi connectivity index (χ0v) is 24.2. The Morgan fingerprint density at radius 3 is 2.49 bits per heavy atom. The summed E-state index contributed by atoms with van der Waals surface area (Å²) in [5.41, 5.74) is 10.9. The molecule has 216 valence electrons. The number of rotatable bonds is 7. The molecule has 43 heavy (non-hydrogen) atoms. The van der Waals surface area contributed by atoms with Crippen molar-refractivity contribution < 1.29 is 17.7 Å². The molecule has 0 radical (unpaired) electrons. The van der Waals surface area contributed by atoms with Crippen LogP contribution in [0.2, 0.25) is 0 Å². The first-order valence-electron chi connectivity index (χ1n) is 14.0. The fourth-order valence-corrected chi connectivity index (χ4v) is 6.71. The van der Waals surface area contributed by atoms with Crippen molar-refractivity contribution in [3.8, 4) is 22.5 Å². The van der Waals surface area contributed by atoms with Crippen LogP contribution in [0.15, 0.2) is 102 Å². The third-order valence-electron chi connectivity index (χ3n) is 8.06. The fraction of sp³-hybridized carbons (Fsp3) is 0.182. The largest absolute Gasteiger partial charge is 0.387 e. The van der Waals surface area contributed by atoms with Crippen molar-refractivity contribution in [2.45, 2.75) is 36.2 Å². The average Bonchev–Trinajstić information content (AvgIpc) is 3.39. The van der Waals surface area contributed by atoms with Gasteiger partial charge in [-0.1, -0.05) is 66.2 Å². The quantitative estimate of drug-likeness (QED) is 0.232. The summed E-state index contributed by atoms with van der Waals surface area (Å²) in [5, 5.41) is 12.1. The molecule has 0 saturated heterocycles. The van der Waals surface area contributed by atoms with Crippen molar-refractivity contribution >= 4 is 32.4 Å². The van der Waals surface area contributed by atoms with E-state index in [1.54, 1.807) is 24.5 Å². The first kappa shape index (κ1) is 27.2. The number of hydrogen-bond acceptors (Lipinski definition) is 8. The summed E-state index contributed by atoms with van der Waals surface area (Å²) in [5.74, 6) is 0.919. The lowest BCUT2D eigenvalue weighted by molar-refractivity contribution is -0.0800. The first-order chi connectivity index (χ1) is 20.7. The van der Waals surface area contributed by atoms with Gasteiger partial charge in [0.15, 0.2) is 0 Å². The van der Waals surface area contributed by atoms with Crippen LogP contribution in [0.25, 0.3) is 38.9 Å². The van der Waals surface area contributed by atoms with Crippen LogP contribution < -0.4 is 5.73 Å². The van der Waals surface area contributed by atoms with Crippen molar-refractivity contribution in [1.29, 1.82) is 0 Å². The maximum absolute atomic E-state index is 12.7. The molecule has 1 fully saturated rings. The van der Waals surface area contributed by atoms with Gasteiger partial charge >= 0.3 is 0 Å². The first-order valence-corrected chi connectivity index (χ1v) is 15.4. The lowest BCUT2D eigenvalue weighted by Crippen LogP contribution is -2.47. The zero-order chi connectivity index (χ0) is 29.8. The Kier molecular flexibility index (Phi) is 6.50. The van der Waals surface area contributed by atoms with Crippen molar-refractivity contribution in [2.24, 2.45) is 0 Å². The van der Waals surface area contributed by atoms with Gasteiger partial charge in [-0.05, 0) is 44.0 Å². The number of aryl methyl sites for hydroxylation is 1. The van der Waals surface area contributed by atoms with Gasteiger partial charge in [0, 0.05) is 34.8 Å². The number of aromatic nitrogens is 4. The van der Waals surface area contributed by atoms with E-state index >= 15 is 0 Å². The van der Waals surface area contributed by atoms with E-state index in [-0.39, 0.29) is 30.3 Å². The highest BCUT2D eigenvalue weighted by Gasteiger charge is 2.46. The van der Waals surface area contributed by atoms with Crippen LogP contribution in [0.1, 0.15) is 30.1 Å². The number of nitrogen functional groups attached to an aromatic ring is 1. The number of aliphatic hydroxyl groups is 1. The molecular formula is C33H29N5O4S. The lowest BCUT2D eigenvalue weighted by atomic mass is 9.71. The summed E-state index contributed by atoms with van der Waals surface area (Å²) in [6.07, 6.45) is 4.00. The maximum Gasteiger partial charge on any atom is 0.297 e. The second-order valence-electron chi connectivity index (χ2n) is 11.2. The summed E-state index contributed by atoms with van der Waals surface area (Å²) < 4.78 is 32.5. The Bertz CT molecular complexity index is 2090. The average molecular weight is 592 g/mol. The van der Waals surface area contributed by atoms with E-state index in [9.17, 15) is 13.5 Å². The molecule has 3 heterocycles. The van der Waals surface area contributed by atoms with Gasteiger partial charge in [-0.3, -0.25) is 8.58 Å². The van der Waals surface area contributed by atoms with Crippen molar-refractivity contribution in [3.63, 3.8) is 0 Å².